The fourth-order valence-electron chi connectivity index (χ4n) is 2.21. The van der Waals surface area contributed by atoms with E-state index in [9.17, 15) is 0 Å². The molecule has 0 aliphatic heterocycles. The molecule has 86 valence electrons. The minimum absolute atomic E-state index is 0.278. The Morgan fingerprint density at radius 1 is 1.29 bits per heavy atom. The maximum Gasteiger partial charge on any atom is 0.173 e. The lowest BCUT2D eigenvalue weighted by atomic mass is 10.2. The van der Waals surface area contributed by atoms with Gasteiger partial charge in [0.05, 0.1) is 0 Å². The van der Waals surface area contributed by atoms with Gasteiger partial charge in [-0.3, -0.25) is 4.57 Å². The number of hydrogen-bond acceptors (Lipinski definition) is 4. The van der Waals surface area contributed by atoms with E-state index >= 15 is 0 Å². The van der Waals surface area contributed by atoms with Crippen molar-refractivity contribution < 1.29 is 0 Å². The third kappa shape index (κ3) is 1.61. The van der Waals surface area contributed by atoms with Gasteiger partial charge in [0.15, 0.2) is 5.82 Å². The van der Waals surface area contributed by atoms with E-state index in [2.05, 4.69) is 15.0 Å². The molecule has 0 saturated carbocycles. The normalized spacial score (nSPS) is 13.6. The first-order chi connectivity index (χ1) is 8.27. The van der Waals surface area contributed by atoms with Crippen LogP contribution in [-0.2, 0) is 12.8 Å². The fraction of sp³-hybridized carbons (Fsp3) is 0.273. The summed E-state index contributed by atoms with van der Waals surface area (Å²) in [5.41, 5.74) is 7.95. The van der Waals surface area contributed by atoms with Crippen LogP contribution in [0.25, 0.3) is 5.82 Å². The van der Waals surface area contributed by atoms with Gasteiger partial charge in [0.25, 0.3) is 0 Å². The van der Waals surface area contributed by atoms with Crippen molar-refractivity contribution in [3.05, 3.63) is 35.8 Å². The Morgan fingerprint density at radius 3 is 3.00 bits per heavy atom. The zero-order valence-electron chi connectivity index (χ0n) is 9.13. The Kier molecular flexibility index (Phi) is 2.36. The monoisotopic (exact) mass is 245 g/mol. The third-order valence-electron chi connectivity index (χ3n) is 2.94. The summed E-state index contributed by atoms with van der Waals surface area (Å²) in [6, 6.07) is 0. The predicted octanol–water partition coefficient (Wildman–Crippen LogP) is 0.785. The number of nitrogens with zero attached hydrogens (tertiary/aromatic N) is 4. The van der Waals surface area contributed by atoms with Gasteiger partial charge in [0.1, 0.15) is 17.1 Å². The van der Waals surface area contributed by atoms with Gasteiger partial charge in [0.2, 0.25) is 0 Å². The highest BCUT2D eigenvalue weighted by Crippen LogP contribution is 2.24. The average molecular weight is 245 g/mol. The molecule has 1 aliphatic rings. The van der Waals surface area contributed by atoms with Crippen molar-refractivity contribution in [2.45, 2.75) is 19.3 Å². The smallest absolute Gasteiger partial charge is 0.173 e. The topological polar surface area (TPSA) is 69.6 Å². The Labute approximate surface area is 104 Å². The molecule has 3 rings (SSSR count). The van der Waals surface area contributed by atoms with Crippen LogP contribution in [0.5, 0.6) is 0 Å². The number of hydrogen-bond donors (Lipinski definition) is 1. The molecular formula is C11H11N5S. The summed E-state index contributed by atoms with van der Waals surface area (Å²) in [4.78, 5) is 13.1. The Bertz CT molecular complexity index is 589. The first-order valence-corrected chi connectivity index (χ1v) is 5.84. The summed E-state index contributed by atoms with van der Waals surface area (Å²) in [6.07, 6.45) is 8.23. The van der Waals surface area contributed by atoms with Crippen LogP contribution in [0.1, 0.15) is 23.5 Å². The van der Waals surface area contributed by atoms with Gasteiger partial charge in [0, 0.05) is 23.7 Å². The molecule has 0 amide bonds. The van der Waals surface area contributed by atoms with Crippen molar-refractivity contribution in [1.82, 2.24) is 19.5 Å². The lowest BCUT2D eigenvalue weighted by molar-refractivity contribution is 0.894. The van der Waals surface area contributed by atoms with E-state index in [0.29, 0.717) is 5.82 Å². The van der Waals surface area contributed by atoms with Crippen LogP contribution in [0, 0.1) is 0 Å². The van der Waals surface area contributed by atoms with Gasteiger partial charge in [-0.15, -0.1) is 0 Å². The van der Waals surface area contributed by atoms with Crippen molar-refractivity contribution in [3.63, 3.8) is 0 Å². The Morgan fingerprint density at radius 2 is 2.18 bits per heavy atom. The predicted molar refractivity (Wildman–Crippen MR) is 67.1 cm³/mol. The van der Waals surface area contributed by atoms with Crippen LogP contribution in [0.4, 0.5) is 0 Å². The zero-order valence-corrected chi connectivity index (χ0v) is 9.94. The van der Waals surface area contributed by atoms with Crippen molar-refractivity contribution in [1.29, 1.82) is 0 Å². The SMILES string of the molecule is NC(=S)c1nccn1-c1ncnc2c1CCC2. The molecule has 0 spiro atoms. The lowest BCUT2D eigenvalue weighted by Gasteiger charge is -2.09. The summed E-state index contributed by atoms with van der Waals surface area (Å²) in [7, 11) is 0. The van der Waals surface area contributed by atoms with Crippen LogP contribution in [0.15, 0.2) is 18.7 Å². The van der Waals surface area contributed by atoms with E-state index in [-0.39, 0.29) is 4.99 Å². The van der Waals surface area contributed by atoms with Crippen LogP contribution in [-0.4, -0.2) is 24.5 Å². The molecule has 17 heavy (non-hydrogen) atoms. The molecule has 2 aromatic rings. The summed E-state index contributed by atoms with van der Waals surface area (Å²) in [5, 5.41) is 0. The van der Waals surface area contributed by atoms with E-state index in [1.54, 1.807) is 12.5 Å². The van der Waals surface area contributed by atoms with E-state index in [1.165, 1.54) is 5.56 Å². The molecule has 2 aromatic heterocycles. The molecular weight excluding hydrogens is 234 g/mol. The molecule has 0 bridgehead atoms. The molecule has 0 unspecified atom stereocenters. The zero-order chi connectivity index (χ0) is 11.8. The van der Waals surface area contributed by atoms with Gasteiger partial charge in [-0.25, -0.2) is 15.0 Å². The highest BCUT2D eigenvalue weighted by molar-refractivity contribution is 7.80. The van der Waals surface area contributed by atoms with Crippen molar-refractivity contribution in [3.8, 4) is 5.82 Å². The summed E-state index contributed by atoms with van der Waals surface area (Å²) in [6.45, 7) is 0. The number of aryl methyl sites for hydroxylation is 1. The van der Waals surface area contributed by atoms with Gasteiger partial charge < -0.3 is 5.73 Å². The number of thiocarbonyl (C=S) groups is 1. The van der Waals surface area contributed by atoms with E-state index in [0.717, 1.165) is 30.8 Å². The van der Waals surface area contributed by atoms with Crippen LogP contribution < -0.4 is 5.73 Å². The lowest BCUT2D eigenvalue weighted by Crippen LogP contribution is -2.17. The van der Waals surface area contributed by atoms with Gasteiger partial charge in [-0.05, 0) is 19.3 Å². The molecule has 2 N–H and O–H groups in total. The standard InChI is InChI=1S/C11H11N5S/c12-9(17)11-13-4-5-16(11)10-7-2-1-3-8(7)14-6-15-10/h4-6H,1-3H2,(H2,12,17). The maximum atomic E-state index is 5.65. The van der Waals surface area contributed by atoms with Gasteiger partial charge >= 0.3 is 0 Å². The van der Waals surface area contributed by atoms with Crippen LogP contribution >= 0.6 is 12.2 Å². The second-order valence-corrected chi connectivity index (χ2v) is 4.40. The molecule has 0 saturated heterocycles. The summed E-state index contributed by atoms with van der Waals surface area (Å²) < 4.78 is 1.84. The quantitative estimate of drug-likeness (QED) is 0.792. The highest BCUT2D eigenvalue weighted by Gasteiger charge is 2.20. The molecule has 6 heteroatoms. The molecule has 0 aromatic carbocycles. The van der Waals surface area contributed by atoms with Gasteiger partial charge in [-0.1, -0.05) is 12.2 Å². The largest absolute Gasteiger partial charge is 0.387 e. The number of nitrogens with two attached hydrogens (primary N) is 1. The second kappa shape index (κ2) is 3.89. The minimum atomic E-state index is 0.278. The van der Waals surface area contributed by atoms with E-state index in [4.69, 9.17) is 18.0 Å². The van der Waals surface area contributed by atoms with Crippen molar-refractivity contribution in [2.75, 3.05) is 0 Å². The average Bonchev–Trinajstić information content (AvgIpc) is 2.97. The highest BCUT2D eigenvalue weighted by atomic mass is 32.1. The molecule has 2 heterocycles. The number of aromatic nitrogens is 4. The molecule has 5 nitrogen and oxygen atoms in total. The minimum Gasteiger partial charge on any atom is -0.387 e. The molecule has 1 aliphatic carbocycles. The first kappa shape index (κ1) is 10.3. The molecule has 0 fully saturated rings. The van der Waals surface area contributed by atoms with Crippen LogP contribution in [0.3, 0.4) is 0 Å². The number of rotatable bonds is 2. The molecule has 0 atom stereocenters. The van der Waals surface area contributed by atoms with Gasteiger partial charge in [-0.2, -0.15) is 0 Å². The fourth-order valence-corrected chi connectivity index (χ4v) is 2.36. The second-order valence-electron chi connectivity index (χ2n) is 3.96. The van der Waals surface area contributed by atoms with Crippen LogP contribution in [0.2, 0.25) is 0 Å². The van der Waals surface area contributed by atoms with E-state index < -0.39 is 0 Å². The Balaban J connectivity index is 2.19. The number of fused-ring (bicyclic) bond motifs is 1. The van der Waals surface area contributed by atoms with E-state index in [1.807, 2.05) is 10.8 Å². The number of imidazole rings is 1. The molecule has 0 radical (unpaired) electrons. The van der Waals surface area contributed by atoms with Crippen molar-refractivity contribution in [2.24, 2.45) is 5.73 Å². The first-order valence-electron chi connectivity index (χ1n) is 5.43. The Hall–Kier alpha value is -1.82. The summed E-state index contributed by atoms with van der Waals surface area (Å²) >= 11 is 4.98. The van der Waals surface area contributed by atoms with Crippen molar-refractivity contribution >= 4 is 17.2 Å². The summed E-state index contributed by atoms with van der Waals surface area (Å²) in [5.74, 6) is 1.43. The third-order valence-corrected chi connectivity index (χ3v) is 3.12. The maximum absolute atomic E-state index is 5.65.